The lowest BCUT2D eigenvalue weighted by molar-refractivity contribution is 0.496. The fourth-order valence-electron chi connectivity index (χ4n) is 1.12. The molecule has 0 spiro atoms. The van der Waals surface area contributed by atoms with Gasteiger partial charge in [0.05, 0.1) is 10.2 Å². The monoisotopic (exact) mass is 303 g/mol. The Morgan fingerprint density at radius 3 is 2.18 bits per heavy atom. The maximum absolute atomic E-state index is 13.3. The average molecular weight is 304 g/mol. The number of aromatic nitrogens is 2. The Morgan fingerprint density at radius 2 is 1.53 bits per heavy atom. The van der Waals surface area contributed by atoms with E-state index in [4.69, 9.17) is 0 Å². The SMILES string of the molecule is Fc1cc(F)c(Nc2ncc(Br)cn2)cc1F. The Hall–Kier alpha value is -1.63. The van der Waals surface area contributed by atoms with Gasteiger partial charge in [0.25, 0.3) is 0 Å². The van der Waals surface area contributed by atoms with Crippen LogP contribution >= 0.6 is 15.9 Å². The standard InChI is InChI=1S/C10H5BrF3N3/c11-5-3-15-10(16-4-5)17-9-2-7(13)6(12)1-8(9)14/h1-4H,(H,15,16,17). The topological polar surface area (TPSA) is 37.8 Å². The molecular weight excluding hydrogens is 299 g/mol. The predicted molar refractivity (Wildman–Crippen MR) is 59.3 cm³/mol. The van der Waals surface area contributed by atoms with Gasteiger partial charge in [-0.3, -0.25) is 0 Å². The molecule has 1 aromatic carbocycles. The minimum absolute atomic E-state index is 0.0816. The van der Waals surface area contributed by atoms with Crippen LogP contribution in [-0.2, 0) is 0 Å². The number of hydrogen-bond donors (Lipinski definition) is 1. The molecule has 0 saturated heterocycles. The molecule has 3 nitrogen and oxygen atoms in total. The van der Waals surface area contributed by atoms with Gasteiger partial charge in [0.2, 0.25) is 5.95 Å². The Kier molecular flexibility index (Phi) is 3.28. The molecule has 0 bridgehead atoms. The summed E-state index contributed by atoms with van der Waals surface area (Å²) in [5.74, 6) is -3.23. The molecule has 2 rings (SSSR count). The molecule has 0 atom stereocenters. The summed E-state index contributed by atoms with van der Waals surface area (Å²) in [6, 6.07) is 1.16. The number of halogens is 4. The molecule has 88 valence electrons. The fourth-order valence-corrected chi connectivity index (χ4v) is 1.32. The molecule has 1 aromatic heterocycles. The van der Waals surface area contributed by atoms with Crippen LogP contribution in [0.2, 0.25) is 0 Å². The zero-order valence-electron chi connectivity index (χ0n) is 8.22. The van der Waals surface area contributed by atoms with Gasteiger partial charge in [-0.25, -0.2) is 23.1 Å². The van der Waals surface area contributed by atoms with Crippen molar-refractivity contribution in [1.82, 2.24) is 9.97 Å². The quantitative estimate of drug-likeness (QED) is 0.864. The normalized spacial score (nSPS) is 10.4. The highest BCUT2D eigenvalue weighted by atomic mass is 79.9. The van der Waals surface area contributed by atoms with Gasteiger partial charge >= 0.3 is 0 Å². The lowest BCUT2D eigenvalue weighted by Crippen LogP contribution is -2.00. The highest BCUT2D eigenvalue weighted by Gasteiger charge is 2.10. The van der Waals surface area contributed by atoms with E-state index in [1.165, 1.54) is 12.4 Å². The summed E-state index contributed by atoms with van der Waals surface area (Å²) in [4.78, 5) is 7.63. The number of hydrogen-bond acceptors (Lipinski definition) is 3. The minimum Gasteiger partial charge on any atom is -0.322 e. The number of nitrogens with zero attached hydrogens (tertiary/aromatic N) is 2. The van der Waals surface area contributed by atoms with Crippen molar-refractivity contribution in [3.8, 4) is 0 Å². The molecule has 0 fully saturated rings. The minimum atomic E-state index is -1.25. The molecule has 1 N–H and O–H groups in total. The zero-order valence-corrected chi connectivity index (χ0v) is 9.80. The van der Waals surface area contributed by atoms with Crippen molar-refractivity contribution < 1.29 is 13.2 Å². The van der Waals surface area contributed by atoms with E-state index in [1.54, 1.807) is 0 Å². The van der Waals surface area contributed by atoms with Crippen molar-refractivity contribution >= 4 is 27.6 Å². The molecule has 0 radical (unpaired) electrons. The molecular formula is C10H5BrF3N3. The molecule has 0 aliphatic rings. The molecule has 0 aliphatic carbocycles. The summed E-state index contributed by atoms with van der Waals surface area (Å²) in [5, 5.41) is 2.44. The molecule has 2 aromatic rings. The summed E-state index contributed by atoms with van der Waals surface area (Å²) in [6.45, 7) is 0. The number of nitrogens with one attached hydrogen (secondary N) is 1. The van der Waals surface area contributed by atoms with Gasteiger partial charge in [-0.15, -0.1) is 0 Å². The van der Waals surface area contributed by atoms with Crippen molar-refractivity contribution in [3.05, 3.63) is 46.5 Å². The average Bonchev–Trinajstić information content (AvgIpc) is 2.29. The van der Waals surface area contributed by atoms with Gasteiger partial charge in [-0.1, -0.05) is 0 Å². The molecule has 1 heterocycles. The fraction of sp³-hybridized carbons (Fsp3) is 0. The Labute approximate surface area is 103 Å². The predicted octanol–water partition coefficient (Wildman–Crippen LogP) is 3.40. The van der Waals surface area contributed by atoms with E-state index < -0.39 is 17.5 Å². The summed E-state index contributed by atoms with van der Waals surface area (Å²) in [6.07, 6.45) is 2.88. The Morgan fingerprint density at radius 1 is 0.941 bits per heavy atom. The van der Waals surface area contributed by atoms with E-state index >= 15 is 0 Å². The van der Waals surface area contributed by atoms with Crippen LogP contribution < -0.4 is 5.32 Å². The number of anilines is 2. The van der Waals surface area contributed by atoms with E-state index in [9.17, 15) is 13.2 Å². The molecule has 0 aliphatic heterocycles. The maximum atomic E-state index is 13.3. The molecule has 7 heteroatoms. The van der Waals surface area contributed by atoms with Crippen molar-refractivity contribution in [2.75, 3.05) is 5.32 Å². The highest BCUT2D eigenvalue weighted by Crippen LogP contribution is 2.21. The first-order valence-electron chi connectivity index (χ1n) is 4.45. The first-order chi connectivity index (χ1) is 8.06. The molecule has 0 saturated carbocycles. The molecule has 17 heavy (non-hydrogen) atoms. The summed E-state index contributed by atoms with van der Waals surface area (Å²) in [7, 11) is 0. The second kappa shape index (κ2) is 4.70. The van der Waals surface area contributed by atoms with Crippen LogP contribution in [0.5, 0.6) is 0 Å². The summed E-state index contributed by atoms with van der Waals surface area (Å²) in [5.41, 5.74) is -0.230. The lowest BCUT2D eigenvalue weighted by Gasteiger charge is -2.06. The van der Waals surface area contributed by atoms with Crippen LogP contribution in [0.3, 0.4) is 0 Å². The van der Waals surface area contributed by atoms with Crippen molar-refractivity contribution in [1.29, 1.82) is 0 Å². The highest BCUT2D eigenvalue weighted by molar-refractivity contribution is 9.10. The van der Waals surface area contributed by atoms with E-state index in [2.05, 4.69) is 31.2 Å². The summed E-state index contributed by atoms with van der Waals surface area (Å²) < 4.78 is 39.5. The van der Waals surface area contributed by atoms with Gasteiger partial charge in [0.15, 0.2) is 11.6 Å². The second-order valence-electron chi connectivity index (χ2n) is 3.10. The van der Waals surface area contributed by atoms with Crippen LogP contribution in [0.25, 0.3) is 0 Å². The van der Waals surface area contributed by atoms with Crippen LogP contribution in [0, 0.1) is 17.5 Å². The third-order valence-electron chi connectivity index (χ3n) is 1.88. The van der Waals surface area contributed by atoms with Gasteiger partial charge in [0.1, 0.15) is 5.82 Å². The Balaban J connectivity index is 2.30. The van der Waals surface area contributed by atoms with E-state index in [-0.39, 0.29) is 11.6 Å². The van der Waals surface area contributed by atoms with Crippen molar-refractivity contribution in [2.24, 2.45) is 0 Å². The number of rotatable bonds is 2. The summed E-state index contributed by atoms with van der Waals surface area (Å²) >= 11 is 3.13. The third kappa shape index (κ3) is 2.73. The van der Waals surface area contributed by atoms with Crippen LogP contribution in [0.4, 0.5) is 24.8 Å². The largest absolute Gasteiger partial charge is 0.322 e. The van der Waals surface area contributed by atoms with Crippen LogP contribution in [0.15, 0.2) is 29.0 Å². The van der Waals surface area contributed by atoms with Gasteiger partial charge in [-0.2, -0.15) is 0 Å². The number of benzene rings is 1. The van der Waals surface area contributed by atoms with Gasteiger partial charge < -0.3 is 5.32 Å². The Bertz CT molecular complexity index is 545. The first-order valence-corrected chi connectivity index (χ1v) is 5.24. The smallest absolute Gasteiger partial charge is 0.227 e. The second-order valence-corrected chi connectivity index (χ2v) is 4.01. The van der Waals surface area contributed by atoms with Crippen LogP contribution in [-0.4, -0.2) is 9.97 Å². The van der Waals surface area contributed by atoms with Gasteiger partial charge in [-0.05, 0) is 15.9 Å². The van der Waals surface area contributed by atoms with E-state index in [0.717, 1.165) is 0 Å². The van der Waals surface area contributed by atoms with Crippen LogP contribution in [0.1, 0.15) is 0 Å². The van der Waals surface area contributed by atoms with Gasteiger partial charge in [0, 0.05) is 24.5 Å². The molecule has 0 amide bonds. The zero-order chi connectivity index (χ0) is 12.4. The first kappa shape index (κ1) is 11.8. The lowest BCUT2D eigenvalue weighted by atomic mass is 10.3. The van der Waals surface area contributed by atoms with E-state index in [1.807, 2.05) is 0 Å². The van der Waals surface area contributed by atoms with E-state index in [0.29, 0.717) is 16.6 Å². The van der Waals surface area contributed by atoms with Crippen molar-refractivity contribution in [3.63, 3.8) is 0 Å². The molecule has 0 unspecified atom stereocenters. The maximum Gasteiger partial charge on any atom is 0.227 e. The third-order valence-corrected chi connectivity index (χ3v) is 2.29. The van der Waals surface area contributed by atoms with Crippen molar-refractivity contribution in [2.45, 2.75) is 0 Å².